The van der Waals surface area contributed by atoms with Crippen molar-refractivity contribution < 1.29 is 0 Å². The molecule has 0 aromatic carbocycles. The van der Waals surface area contributed by atoms with Gasteiger partial charge in [-0.25, -0.2) is 0 Å². The SMILES string of the molecule is CCn1cc(S)n(CC(C)(C)CCNC(=S)NCCCNC(=S)NCCC(C)(C)Cn2c(S)cn(CC)c2=S)c1=S. The zero-order valence-corrected chi connectivity index (χ0v) is 30.3. The van der Waals surface area contributed by atoms with Crippen molar-refractivity contribution in [2.24, 2.45) is 10.8 Å². The van der Waals surface area contributed by atoms with Gasteiger partial charge in [0.15, 0.2) is 19.8 Å². The Bertz CT molecular complexity index is 1170. The maximum absolute atomic E-state index is 5.60. The van der Waals surface area contributed by atoms with Gasteiger partial charge in [-0.2, -0.15) is 0 Å². The van der Waals surface area contributed by atoms with Crippen LogP contribution in [0.15, 0.2) is 22.4 Å². The Morgan fingerprint density at radius 1 is 0.683 bits per heavy atom. The fourth-order valence-corrected chi connectivity index (χ4v) is 6.29. The van der Waals surface area contributed by atoms with Crippen LogP contribution in [0.2, 0.25) is 0 Å². The second-order valence-electron chi connectivity index (χ2n) is 11.8. The molecule has 0 aliphatic rings. The summed E-state index contributed by atoms with van der Waals surface area (Å²) in [6.45, 7) is 19.6. The van der Waals surface area contributed by atoms with Crippen molar-refractivity contribution in [3.8, 4) is 0 Å². The van der Waals surface area contributed by atoms with Crippen LogP contribution in [0.3, 0.4) is 0 Å². The van der Waals surface area contributed by atoms with Crippen LogP contribution < -0.4 is 21.3 Å². The zero-order valence-electron chi connectivity index (χ0n) is 25.2. The number of nitrogens with zero attached hydrogens (tertiary/aromatic N) is 4. The molecule has 0 fully saturated rings. The summed E-state index contributed by atoms with van der Waals surface area (Å²) in [4.78, 5) is 0. The van der Waals surface area contributed by atoms with E-state index in [9.17, 15) is 0 Å². The van der Waals surface area contributed by atoms with Crippen LogP contribution in [0.25, 0.3) is 0 Å². The zero-order chi connectivity index (χ0) is 30.8. The molecule has 0 spiro atoms. The predicted octanol–water partition coefficient (Wildman–Crippen LogP) is 5.82. The number of thiocarbonyl (C=S) groups is 2. The molecule has 41 heavy (non-hydrogen) atoms. The van der Waals surface area contributed by atoms with Gasteiger partial charge in [0.2, 0.25) is 0 Å². The van der Waals surface area contributed by atoms with Crippen molar-refractivity contribution in [1.29, 1.82) is 0 Å². The lowest BCUT2D eigenvalue weighted by atomic mass is 9.89. The Morgan fingerprint density at radius 3 is 1.34 bits per heavy atom. The summed E-state index contributed by atoms with van der Waals surface area (Å²) in [5, 5.41) is 16.4. The number of rotatable bonds is 16. The monoisotopic (exact) mass is 676 g/mol. The largest absolute Gasteiger partial charge is 0.363 e. The van der Waals surface area contributed by atoms with Gasteiger partial charge in [0, 0.05) is 64.8 Å². The third kappa shape index (κ3) is 11.9. The average Bonchev–Trinajstić information content (AvgIpc) is 3.31. The number of nitrogens with one attached hydrogen (secondary N) is 4. The van der Waals surface area contributed by atoms with E-state index >= 15 is 0 Å². The maximum Gasteiger partial charge on any atom is 0.180 e. The number of imidazole rings is 2. The quantitative estimate of drug-likeness (QED) is 0.0756. The van der Waals surface area contributed by atoms with E-state index < -0.39 is 0 Å². The molecule has 14 heteroatoms. The van der Waals surface area contributed by atoms with E-state index in [1.807, 2.05) is 21.5 Å². The number of hydrogen-bond acceptors (Lipinski definition) is 6. The Hall–Kier alpha value is -1.06. The first-order valence-corrected chi connectivity index (χ1v) is 16.7. The van der Waals surface area contributed by atoms with E-state index in [0.717, 1.165) is 91.2 Å². The number of thiol groups is 2. The van der Waals surface area contributed by atoms with Gasteiger partial charge in [0.25, 0.3) is 0 Å². The first-order chi connectivity index (χ1) is 19.2. The molecule has 0 saturated heterocycles. The van der Waals surface area contributed by atoms with Crippen LogP contribution in [-0.4, -0.2) is 54.7 Å². The lowest BCUT2D eigenvalue weighted by Crippen LogP contribution is -2.40. The van der Waals surface area contributed by atoms with E-state index in [2.05, 4.69) is 97.2 Å². The minimum Gasteiger partial charge on any atom is -0.363 e. The van der Waals surface area contributed by atoms with E-state index in [-0.39, 0.29) is 10.8 Å². The first-order valence-electron chi connectivity index (χ1n) is 14.2. The van der Waals surface area contributed by atoms with Crippen molar-refractivity contribution in [1.82, 2.24) is 39.5 Å². The molecule has 0 aliphatic heterocycles. The average molecular weight is 677 g/mol. The molecule has 0 atom stereocenters. The maximum atomic E-state index is 5.60. The molecule has 0 saturated carbocycles. The van der Waals surface area contributed by atoms with E-state index in [4.69, 9.17) is 48.9 Å². The van der Waals surface area contributed by atoms with Crippen LogP contribution in [0.4, 0.5) is 0 Å². The summed E-state index contributed by atoms with van der Waals surface area (Å²) in [6.07, 6.45) is 6.80. The highest BCUT2D eigenvalue weighted by Gasteiger charge is 2.22. The molecule has 0 aliphatic carbocycles. The molecular weight excluding hydrogens is 629 g/mol. The molecule has 2 heterocycles. The predicted molar refractivity (Wildman–Crippen MR) is 191 cm³/mol. The van der Waals surface area contributed by atoms with Crippen LogP contribution in [0.1, 0.15) is 60.8 Å². The third-order valence-corrected chi connectivity index (χ3v) is 9.20. The Labute approximate surface area is 278 Å². The first kappa shape index (κ1) is 36.1. The van der Waals surface area contributed by atoms with E-state index in [0.29, 0.717) is 10.2 Å². The van der Waals surface area contributed by atoms with Crippen LogP contribution in [0.5, 0.6) is 0 Å². The highest BCUT2D eigenvalue weighted by molar-refractivity contribution is 7.80. The molecule has 2 rings (SSSR count). The van der Waals surface area contributed by atoms with Gasteiger partial charge in [-0.15, -0.1) is 25.3 Å². The second kappa shape index (κ2) is 16.7. The summed E-state index contributed by atoms with van der Waals surface area (Å²) in [6, 6.07) is 0. The Kier molecular flexibility index (Phi) is 14.7. The fraction of sp³-hybridized carbons (Fsp3) is 0.704. The number of hydrogen-bond donors (Lipinski definition) is 6. The molecule has 2 aromatic heterocycles. The fourth-order valence-electron chi connectivity index (χ4n) is 4.45. The second-order valence-corrected chi connectivity index (χ2v) is 14.3. The lowest BCUT2D eigenvalue weighted by Gasteiger charge is -2.26. The van der Waals surface area contributed by atoms with Gasteiger partial charge in [-0.05, 0) is 92.8 Å². The van der Waals surface area contributed by atoms with Gasteiger partial charge < -0.3 is 39.5 Å². The Morgan fingerprint density at radius 2 is 1.02 bits per heavy atom. The van der Waals surface area contributed by atoms with Crippen LogP contribution in [0, 0.1) is 20.4 Å². The van der Waals surface area contributed by atoms with Gasteiger partial charge in [0.05, 0.1) is 10.1 Å². The molecule has 232 valence electrons. The third-order valence-electron chi connectivity index (χ3n) is 7.00. The normalized spacial score (nSPS) is 11.9. The van der Waals surface area contributed by atoms with Crippen molar-refractivity contribution in [2.45, 2.75) is 97.0 Å². The summed E-state index contributed by atoms with van der Waals surface area (Å²) in [5.74, 6) is 0. The summed E-state index contributed by atoms with van der Waals surface area (Å²) in [7, 11) is 0. The smallest absolute Gasteiger partial charge is 0.180 e. The molecular formula is C27H48N8S6. The van der Waals surface area contributed by atoms with E-state index in [1.54, 1.807) is 0 Å². The summed E-state index contributed by atoms with van der Waals surface area (Å²) < 4.78 is 9.94. The van der Waals surface area contributed by atoms with Gasteiger partial charge in [-0.3, -0.25) is 0 Å². The molecule has 0 bridgehead atoms. The topological polar surface area (TPSA) is 67.8 Å². The highest BCUT2D eigenvalue weighted by Crippen LogP contribution is 2.26. The molecule has 4 N–H and O–H groups in total. The van der Waals surface area contributed by atoms with Crippen LogP contribution in [-0.2, 0) is 26.2 Å². The summed E-state index contributed by atoms with van der Waals surface area (Å²) in [5.41, 5.74) is 0.0909. The lowest BCUT2D eigenvalue weighted by molar-refractivity contribution is 0.273. The molecule has 8 nitrogen and oxygen atoms in total. The standard InChI is InChI=1S/C27H48N8S6/c1-7-32-16-20(36)34(24(32)40)18-26(3,4)10-14-30-22(38)28-12-9-13-29-23(39)31-15-11-27(5,6)19-35-21(37)17-33(8-2)25(35)41/h16-17,36-37H,7-15,18-19H2,1-6H3,(H2,28,30,38)(H2,29,31,39). The van der Waals surface area contributed by atoms with Crippen molar-refractivity contribution in [2.75, 3.05) is 26.2 Å². The molecule has 0 amide bonds. The van der Waals surface area contributed by atoms with Gasteiger partial charge in [0.1, 0.15) is 0 Å². The van der Waals surface area contributed by atoms with Crippen molar-refractivity contribution >= 4 is 84.4 Å². The molecule has 2 aromatic rings. The Balaban J connectivity index is 1.59. The molecule has 0 radical (unpaired) electrons. The van der Waals surface area contributed by atoms with Gasteiger partial charge >= 0.3 is 0 Å². The van der Waals surface area contributed by atoms with E-state index in [1.165, 1.54) is 0 Å². The summed E-state index contributed by atoms with van der Waals surface area (Å²) >= 11 is 31.3. The molecule has 0 unspecified atom stereocenters. The van der Waals surface area contributed by atoms with Gasteiger partial charge in [-0.1, -0.05) is 27.7 Å². The highest BCUT2D eigenvalue weighted by atomic mass is 32.1. The number of aromatic nitrogens is 4. The van der Waals surface area contributed by atoms with Crippen molar-refractivity contribution in [3.05, 3.63) is 21.9 Å². The van der Waals surface area contributed by atoms with Crippen molar-refractivity contribution in [3.63, 3.8) is 0 Å². The minimum absolute atomic E-state index is 0.0455. The minimum atomic E-state index is 0.0455. The van der Waals surface area contributed by atoms with Crippen LogP contribution >= 0.6 is 74.1 Å². The number of aryl methyl sites for hydroxylation is 2.